The summed E-state index contributed by atoms with van der Waals surface area (Å²) in [6.07, 6.45) is 5.10. The van der Waals surface area contributed by atoms with Crippen molar-refractivity contribution >= 4 is 11.3 Å². The molecule has 2 aromatic rings. The maximum atomic E-state index is 4.26. The van der Waals surface area contributed by atoms with E-state index in [0.29, 0.717) is 0 Å². The van der Waals surface area contributed by atoms with Crippen molar-refractivity contribution in [1.82, 2.24) is 15.1 Å². The molecule has 0 unspecified atom stereocenters. The van der Waals surface area contributed by atoms with Crippen molar-refractivity contribution in [1.29, 1.82) is 0 Å². The first-order valence-electron chi connectivity index (χ1n) is 6.05. The summed E-state index contributed by atoms with van der Waals surface area (Å²) in [5, 5.41) is 7.70. The zero-order chi connectivity index (χ0) is 12.1. The van der Waals surface area contributed by atoms with Gasteiger partial charge in [0, 0.05) is 29.0 Å². The van der Waals surface area contributed by atoms with Gasteiger partial charge in [-0.05, 0) is 31.0 Å². The van der Waals surface area contributed by atoms with E-state index in [4.69, 9.17) is 0 Å². The van der Waals surface area contributed by atoms with Gasteiger partial charge in [0.2, 0.25) is 0 Å². The predicted molar refractivity (Wildman–Crippen MR) is 72.4 cm³/mol. The van der Waals surface area contributed by atoms with Crippen molar-refractivity contribution in [2.45, 2.75) is 33.4 Å². The Morgan fingerprint density at radius 2 is 2.18 bits per heavy atom. The van der Waals surface area contributed by atoms with Crippen LogP contribution in [0.3, 0.4) is 0 Å². The van der Waals surface area contributed by atoms with Crippen LogP contribution in [0, 0.1) is 6.92 Å². The zero-order valence-corrected chi connectivity index (χ0v) is 11.3. The highest BCUT2D eigenvalue weighted by molar-refractivity contribution is 7.11. The van der Waals surface area contributed by atoms with Gasteiger partial charge in [0.1, 0.15) is 0 Å². The molecule has 4 heteroatoms. The standard InChI is InChI=1S/C13H19N3S/c1-3-12-4-5-13(17-12)9-14-6-7-16-10-11(2)8-15-16/h4-5,8,10,14H,3,6-7,9H2,1-2H3. The molecule has 0 radical (unpaired) electrons. The van der Waals surface area contributed by atoms with Crippen LogP contribution in [0.25, 0.3) is 0 Å². The molecule has 2 rings (SSSR count). The summed E-state index contributed by atoms with van der Waals surface area (Å²) in [5.41, 5.74) is 1.22. The van der Waals surface area contributed by atoms with Crippen LogP contribution in [-0.4, -0.2) is 16.3 Å². The Balaban J connectivity index is 1.69. The van der Waals surface area contributed by atoms with Crippen LogP contribution >= 0.6 is 11.3 Å². The van der Waals surface area contributed by atoms with E-state index in [1.54, 1.807) is 0 Å². The van der Waals surface area contributed by atoms with Crippen molar-refractivity contribution in [3.8, 4) is 0 Å². The normalized spacial score (nSPS) is 10.9. The molecule has 0 bridgehead atoms. The Morgan fingerprint density at radius 1 is 1.35 bits per heavy atom. The van der Waals surface area contributed by atoms with Crippen LogP contribution < -0.4 is 5.32 Å². The van der Waals surface area contributed by atoms with Crippen LogP contribution in [0.1, 0.15) is 22.2 Å². The van der Waals surface area contributed by atoms with Gasteiger partial charge in [-0.25, -0.2) is 0 Å². The van der Waals surface area contributed by atoms with Gasteiger partial charge < -0.3 is 5.32 Å². The Bertz CT molecular complexity index is 459. The fourth-order valence-corrected chi connectivity index (χ4v) is 2.63. The molecule has 0 fully saturated rings. The van der Waals surface area contributed by atoms with Gasteiger partial charge in [0.05, 0.1) is 12.7 Å². The number of aromatic nitrogens is 2. The first-order chi connectivity index (χ1) is 8.28. The van der Waals surface area contributed by atoms with Crippen LogP contribution in [0.2, 0.25) is 0 Å². The second-order valence-electron chi connectivity index (χ2n) is 4.18. The predicted octanol–water partition coefficient (Wildman–Crippen LogP) is 2.61. The van der Waals surface area contributed by atoms with E-state index in [9.17, 15) is 0 Å². The van der Waals surface area contributed by atoms with Crippen molar-refractivity contribution in [2.24, 2.45) is 0 Å². The average Bonchev–Trinajstić information content (AvgIpc) is 2.93. The van der Waals surface area contributed by atoms with Crippen LogP contribution in [-0.2, 0) is 19.5 Å². The molecule has 0 spiro atoms. The number of nitrogens with zero attached hydrogens (tertiary/aromatic N) is 2. The highest BCUT2D eigenvalue weighted by Gasteiger charge is 1.98. The minimum absolute atomic E-state index is 0.930. The molecular formula is C13H19N3S. The zero-order valence-electron chi connectivity index (χ0n) is 10.4. The molecule has 3 nitrogen and oxygen atoms in total. The summed E-state index contributed by atoms with van der Waals surface area (Å²) in [4.78, 5) is 2.88. The minimum Gasteiger partial charge on any atom is -0.310 e. The highest BCUT2D eigenvalue weighted by atomic mass is 32.1. The Morgan fingerprint density at radius 3 is 2.82 bits per heavy atom. The van der Waals surface area contributed by atoms with E-state index >= 15 is 0 Å². The van der Waals surface area contributed by atoms with Crippen molar-refractivity contribution in [3.05, 3.63) is 39.8 Å². The number of hydrogen-bond acceptors (Lipinski definition) is 3. The summed E-state index contributed by atoms with van der Waals surface area (Å²) in [6.45, 7) is 7.11. The molecule has 2 aromatic heterocycles. The highest BCUT2D eigenvalue weighted by Crippen LogP contribution is 2.16. The monoisotopic (exact) mass is 249 g/mol. The van der Waals surface area contributed by atoms with E-state index in [-0.39, 0.29) is 0 Å². The van der Waals surface area contributed by atoms with Gasteiger partial charge in [-0.15, -0.1) is 11.3 Å². The van der Waals surface area contributed by atoms with Crippen molar-refractivity contribution < 1.29 is 0 Å². The maximum absolute atomic E-state index is 4.26. The lowest BCUT2D eigenvalue weighted by Gasteiger charge is -2.03. The molecule has 0 aromatic carbocycles. The second kappa shape index (κ2) is 5.98. The number of nitrogens with one attached hydrogen (secondary N) is 1. The summed E-state index contributed by atoms with van der Waals surface area (Å²) in [7, 11) is 0. The fraction of sp³-hybridized carbons (Fsp3) is 0.462. The van der Waals surface area contributed by atoms with Crippen LogP contribution in [0.5, 0.6) is 0 Å². The van der Waals surface area contributed by atoms with E-state index in [0.717, 1.165) is 26.1 Å². The Labute approximate surface area is 106 Å². The van der Waals surface area contributed by atoms with Gasteiger partial charge in [0.25, 0.3) is 0 Å². The first-order valence-corrected chi connectivity index (χ1v) is 6.87. The smallest absolute Gasteiger partial charge is 0.0534 e. The summed E-state index contributed by atoms with van der Waals surface area (Å²) >= 11 is 1.90. The van der Waals surface area contributed by atoms with E-state index in [1.165, 1.54) is 15.3 Å². The third-order valence-electron chi connectivity index (χ3n) is 2.65. The molecule has 0 atom stereocenters. The molecule has 0 saturated heterocycles. The second-order valence-corrected chi connectivity index (χ2v) is 5.43. The molecule has 1 N–H and O–H groups in total. The summed E-state index contributed by atoms with van der Waals surface area (Å²) < 4.78 is 1.98. The molecular weight excluding hydrogens is 230 g/mol. The molecule has 17 heavy (non-hydrogen) atoms. The van der Waals surface area contributed by atoms with Gasteiger partial charge >= 0.3 is 0 Å². The molecule has 0 saturated carbocycles. The molecule has 92 valence electrons. The quantitative estimate of drug-likeness (QED) is 0.798. The minimum atomic E-state index is 0.930. The fourth-order valence-electron chi connectivity index (χ4n) is 1.70. The SMILES string of the molecule is CCc1ccc(CNCCn2cc(C)cn2)s1. The Kier molecular flexibility index (Phi) is 4.34. The van der Waals surface area contributed by atoms with E-state index in [2.05, 4.69) is 42.6 Å². The number of thiophene rings is 1. The molecule has 0 aliphatic rings. The third kappa shape index (κ3) is 3.68. The molecule has 0 aliphatic heterocycles. The van der Waals surface area contributed by atoms with Gasteiger partial charge in [-0.2, -0.15) is 5.10 Å². The van der Waals surface area contributed by atoms with Crippen LogP contribution in [0.4, 0.5) is 0 Å². The largest absolute Gasteiger partial charge is 0.310 e. The number of hydrogen-bond donors (Lipinski definition) is 1. The van der Waals surface area contributed by atoms with Crippen LogP contribution in [0.15, 0.2) is 24.5 Å². The molecule has 0 amide bonds. The lowest BCUT2D eigenvalue weighted by Crippen LogP contribution is -2.19. The maximum Gasteiger partial charge on any atom is 0.0534 e. The topological polar surface area (TPSA) is 29.9 Å². The molecule has 0 aliphatic carbocycles. The summed E-state index contributed by atoms with van der Waals surface area (Å²) in [5.74, 6) is 0. The third-order valence-corrected chi connectivity index (χ3v) is 3.87. The first kappa shape index (κ1) is 12.3. The molecule has 2 heterocycles. The lowest BCUT2D eigenvalue weighted by atomic mass is 10.3. The van der Waals surface area contributed by atoms with E-state index < -0.39 is 0 Å². The lowest BCUT2D eigenvalue weighted by molar-refractivity contribution is 0.556. The van der Waals surface area contributed by atoms with Gasteiger partial charge in [-0.1, -0.05) is 6.92 Å². The van der Waals surface area contributed by atoms with E-state index in [1.807, 2.05) is 22.2 Å². The summed E-state index contributed by atoms with van der Waals surface area (Å²) in [6, 6.07) is 4.44. The number of rotatable bonds is 6. The number of aryl methyl sites for hydroxylation is 2. The van der Waals surface area contributed by atoms with Crippen molar-refractivity contribution in [2.75, 3.05) is 6.54 Å². The van der Waals surface area contributed by atoms with Gasteiger partial charge in [-0.3, -0.25) is 4.68 Å². The Hall–Kier alpha value is -1.13. The average molecular weight is 249 g/mol. The van der Waals surface area contributed by atoms with Gasteiger partial charge in [0.15, 0.2) is 0 Å². The van der Waals surface area contributed by atoms with Crippen molar-refractivity contribution in [3.63, 3.8) is 0 Å².